The summed E-state index contributed by atoms with van der Waals surface area (Å²) in [6, 6.07) is 1.96. The monoisotopic (exact) mass is 455 g/mol. The van der Waals surface area contributed by atoms with E-state index in [0.29, 0.717) is 31.1 Å². The summed E-state index contributed by atoms with van der Waals surface area (Å²) in [5.74, 6) is 1.26. The Labute approximate surface area is 194 Å². The largest absolute Gasteiger partial charge is 0.493 e. The number of carboxylic acids is 1. The van der Waals surface area contributed by atoms with Crippen molar-refractivity contribution in [1.29, 1.82) is 0 Å². The van der Waals surface area contributed by atoms with Gasteiger partial charge in [0.15, 0.2) is 0 Å². The highest BCUT2D eigenvalue weighted by molar-refractivity contribution is 5.98. The Morgan fingerprint density at radius 1 is 1.06 bits per heavy atom. The molecule has 1 aromatic carbocycles. The van der Waals surface area contributed by atoms with Crippen molar-refractivity contribution in [2.45, 2.75) is 89.1 Å². The van der Waals surface area contributed by atoms with Crippen molar-refractivity contribution in [2.75, 3.05) is 6.61 Å². The van der Waals surface area contributed by atoms with E-state index in [2.05, 4.69) is 0 Å². The molecule has 0 unspecified atom stereocenters. The lowest BCUT2D eigenvalue weighted by molar-refractivity contribution is -0.141. The number of carbonyl (C=O) groups excluding carboxylic acids is 1. The van der Waals surface area contributed by atoms with Crippen LogP contribution in [0.25, 0.3) is 0 Å². The molecule has 1 amide bonds. The molecule has 5 saturated carbocycles. The van der Waals surface area contributed by atoms with Gasteiger partial charge >= 0.3 is 5.97 Å². The maximum Gasteiger partial charge on any atom is 0.326 e. The van der Waals surface area contributed by atoms with Gasteiger partial charge < -0.3 is 14.7 Å². The zero-order valence-electron chi connectivity index (χ0n) is 19.4. The summed E-state index contributed by atoms with van der Waals surface area (Å²) in [6.45, 7) is 2.48. The Balaban J connectivity index is 1.25. The molecular formula is C27H34FNO4. The molecule has 1 saturated heterocycles. The molecular weight excluding hydrogens is 421 g/mol. The van der Waals surface area contributed by atoms with Crippen LogP contribution in [0.15, 0.2) is 12.1 Å². The third-order valence-corrected chi connectivity index (χ3v) is 9.23. The van der Waals surface area contributed by atoms with Crippen molar-refractivity contribution in [2.24, 2.45) is 23.2 Å². The molecule has 0 radical (unpaired) electrons. The number of ether oxygens (including phenoxy) is 1. The van der Waals surface area contributed by atoms with Crippen LogP contribution in [0, 0.1) is 29.0 Å². The van der Waals surface area contributed by atoms with E-state index in [1.165, 1.54) is 49.5 Å². The van der Waals surface area contributed by atoms with Gasteiger partial charge in [0.05, 0.1) is 12.2 Å². The molecule has 1 aromatic rings. The van der Waals surface area contributed by atoms with Gasteiger partial charge in [-0.15, -0.1) is 0 Å². The van der Waals surface area contributed by atoms with E-state index in [0.717, 1.165) is 36.2 Å². The van der Waals surface area contributed by atoms with E-state index < -0.39 is 23.7 Å². The molecule has 5 nitrogen and oxygen atoms in total. The number of rotatable bonds is 6. The SMILES string of the molecule is C[C@H]1CC[C@@H](C(=O)O)N1C(=O)c1cc(C2CC2)c(OCC23CC4CC(CC(C4)C2)C3)cc1F. The molecule has 178 valence electrons. The molecule has 1 N–H and O–H groups in total. The second-order valence-corrected chi connectivity index (χ2v) is 11.8. The Morgan fingerprint density at radius 3 is 2.27 bits per heavy atom. The van der Waals surface area contributed by atoms with Crippen LogP contribution in [0.2, 0.25) is 0 Å². The number of aliphatic carboxylic acids is 1. The Hall–Kier alpha value is -2.11. The van der Waals surface area contributed by atoms with Crippen LogP contribution in [0.3, 0.4) is 0 Å². The van der Waals surface area contributed by atoms with E-state index in [-0.39, 0.29) is 17.0 Å². The van der Waals surface area contributed by atoms with Gasteiger partial charge in [0.1, 0.15) is 17.6 Å². The average molecular weight is 456 g/mol. The van der Waals surface area contributed by atoms with Crippen LogP contribution in [0.1, 0.15) is 93.0 Å². The lowest BCUT2D eigenvalue weighted by atomic mass is 9.50. The summed E-state index contributed by atoms with van der Waals surface area (Å²) in [6.07, 6.45) is 10.9. The van der Waals surface area contributed by atoms with Crippen LogP contribution in [-0.2, 0) is 4.79 Å². The number of hydrogen-bond donors (Lipinski definition) is 1. The molecule has 1 aliphatic heterocycles. The Morgan fingerprint density at radius 2 is 1.70 bits per heavy atom. The third-order valence-electron chi connectivity index (χ3n) is 9.23. The first-order valence-corrected chi connectivity index (χ1v) is 12.8. The summed E-state index contributed by atoms with van der Waals surface area (Å²) < 4.78 is 21.7. The predicted molar refractivity (Wildman–Crippen MR) is 121 cm³/mol. The fourth-order valence-corrected chi connectivity index (χ4v) is 7.98. The number of carboxylic acid groups (broad SMARTS) is 1. The van der Waals surface area contributed by atoms with Gasteiger partial charge in [-0.25, -0.2) is 9.18 Å². The third kappa shape index (κ3) is 3.74. The van der Waals surface area contributed by atoms with E-state index in [1.54, 1.807) is 6.07 Å². The van der Waals surface area contributed by atoms with E-state index in [4.69, 9.17) is 4.74 Å². The highest BCUT2D eigenvalue weighted by Gasteiger charge is 2.51. The van der Waals surface area contributed by atoms with Crippen LogP contribution in [0.5, 0.6) is 5.75 Å². The molecule has 7 rings (SSSR count). The summed E-state index contributed by atoms with van der Waals surface area (Å²) in [5, 5.41) is 9.54. The molecule has 2 atom stereocenters. The highest BCUT2D eigenvalue weighted by atomic mass is 19.1. The molecule has 4 bridgehead atoms. The topological polar surface area (TPSA) is 66.8 Å². The predicted octanol–water partition coefficient (Wildman–Crippen LogP) is 5.38. The number of likely N-dealkylation sites (tertiary alicyclic amines) is 1. The Kier molecular flexibility index (Phi) is 5.00. The van der Waals surface area contributed by atoms with Crippen molar-refractivity contribution < 1.29 is 23.8 Å². The molecule has 6 fully saturated rings. The van der Waals surface area contributed by atoms with Gasteiger partial charge in [-0.3, -0.25) is 4.79 Å². The number of hydrogen-bond acceptors (Lipinski definition) is 3. The fraction of sp³-hybridized carbons (Fsp3) is 0.704. The zero-order valence-corrected chi connectivity index (χ0v) is 19.4. The minimum Gasteiger partial charge on any atom is -0.493 e. The van der Waals surface area contributed by atoms with Crippen molar-refractivity contribution >= 4 is 11.9 Å². The molecule has 1 heterocycles. The summed E-state index contributed by atoms with van der Waals surface area (Å²) in [7, 11) is 0. The van der Waals surface area contributed by atoms with Crippen LogP contribution in [-0.4, -0.2) is 40.6 Å². The number of amides is 1. The molecule has 0 aromatic heterocycles. The van der Waals surface area contributed by atoms with E-state index in [9.17, 15) is 14.7 Å². The van der Waals surface area contributed by atoms with Gasteiger partial charge in [0, 0.05) is 17.5 Å². The first-order valence-electron chi connectivity index (χ1n) is 12.8. The van der Waals surface area contributed by atoms with Crippen LogP contribution >= 0.6 is 0 Å². The van der Waals surface area contributed by atoms with Crippen molar-refractivity contribution in [3.8, 4) is 5.75 Å². The summed E-state index contributed by atoms with van der Waals surface area (Å²) >= 11 is 0. The molecule has 6 heteroatoms. The minimum atomic E-state index is -1.02. The number of benzene rings is 1. The van der Waals surface area contributed by atoms with Gasteiger partial charge in [0.2, 0.25) is 0 Å². The van der Waals surface area contributed by atoms with Crippen LogP contribution in [0.4, 0.5) is 4.39 Å². The second-order valence-electron chi connectivity index (χ2n) is 11.8. The maximum absolute atomic E-state index is 15.3. The number of nitrogens with zero attached hydrogens (tertiary/aromatic N) is 1. The first kappa shape index (κ1) is 21.4. The van der Waals surface area contributed by atoms with Gasteiger partial charge in [0.25, 0.3) is 5.91 Å². The van der Waals surface area contributed by atoms with Crippen molar-refractivity contribution in [3.63, 3.8) is 0 Å². The zero-order chi connectivity index (χ0) is 22.9. The van der Waals surface area contributed by atoms with E-state index in [1.807, 2.05) is 6.92 Å². The molecule has 5 aliphatic carbocycles. The quantitative estimate of drug-likeness (QED) is 0.626. The van der Waals surface area contributed by atoms with Gasteiger partial charge in [-0.2, -0.15) is 0 Å². The number of carbonyl (C=O) groups is 2. The van der Waals surface area contributed by atoms with Gasteiger partial charge in [-0.05, 0) is 106 Å². The fourth-order valence-electron chi connectivity index (χ4n) is 7.98. The maximum atomic E-state index is 15.3. The highest BCUT2D eigenvalue weighted by Crippen LogP contribution is 2.60. The summed E-state index contributed by atoms with van der Waals surface area (Å²) in [4.78, 5) is 26.3. The van der Waals surface area contributed by atoms with Gasteiger partial charge in [-0.1, -0.05) is 0 Å². The first-order chi connectivity index (χ1) is 15.8. The standard InChI is InChI=1S/C27H34FNO4/c1-15-2-5-23(26(31)32)29(15)25(30)21-9-20(19-3-4-19)24(10-22(21)28)33-14-27-11-16-6-17(12-27)8-18(7-16)13-27/h9-10,15-19,23H,2-8,11-14H2,1H3,(H,31,32)/t15-,16?,17?,18?,23-,27?/m0/s1. The van der Waals surface area contributed by atoms with Crippen LogP contribution < -0.4 is 4.74 Å². The smallest absolute Gasteiger partial charge is 0.326 e. The second kappa shape index (κ2) is 7.71. The lowest BCUT2D eigenvalue weighted by Gasteiger charge is -2.56. The minimum absolute atomic E-state index is 0.0148. The average Bonchev–Trinajstić information content (AvgIpc) is 3.52. The molecule has 6 aliphatic rings. The number of halogens is 1. The van der Waals surface area contributed by atoms with Crippen molar-refractivity contribution in [3.05, 3.63) is 29.1 Å². The molecule has 33 heavy (non-hydrogen) atoms. The normalized spacial score (nSPS) is 36.9. The van der Waals surface area contributed by atoms with Crippen molar-refractivity contribution in [1.82, 2.24) is 4.90 Å². The van der Waals surface area contributed by atoms with E-state index >= 15 is 4.39 Å². The summed E-state index contributed by atoms with van der Waals surface area (Å²) in [5.41, 5.74) is 1.14. The lowest BCUT2D eigenvalue weighted by Crippen LogP contribution is -2.48. The Bertz CT molecular complexity index is 951. The molecule has 0 spiro atoms.